The molecule has 0 amide bonds. The number of nitrogens with one attached hydrogen (secondary N) is 1. The number of hydrogen-bond donors (Lipinski definition) is 0. The van der Waals surface area contributed by atoms with Crippen LogP contribution in [-0.2, 0) is 0 Å². The maximum Gasteiger partial charge on any atom is 0.304 e. The van der Waals surface area contributed by atoms with Crippen LogP contribution in [-0.4, -0.2) is 24.9 Å². The first-order chi connectivity index (χ1) is 8.69. The summed E-state index contributed by atoms with van der Waals surface area (Å²) in [7, 11) is 3.74. The second kappa shape index (κ2) is 4.72. The predicted octanol–water partition coefficient (Wildman–Crippen LogP) is 1.04. The molecule has 0 aliphatic heterocycles. The molecule has 2 rings (SSSR count). The van der Waals surface area contributed by atoms with Gasteiger partial charge in [0.15, 0.2) is 17.5 Å². The van der Waals surface area contributed by atoms with Crippen LogP contribution in [0.5, 0.6) is 0 Å². The highest BCUT2D eigenvalue weighted by Gasteiger charge is 2.20. The second-order valence-corrected chi connectivity index (χ2v) is 4.01. The van der Waals surface area contributed by atoms with Crippen LogP contribution < -0.4 is 9.88 Å². The molecule has 0 aromatic carbocycles. The molecular weight excluding hydrogens is 228 g/mol. The van der Waals surface area contributed by atoms with E-state index in [1.165, 1.54) is 0 Å². The summed E-state index contributed by atoms with van der Waals surface area (Å²) >= 11 is 0. The van der Waals surface area contributed by atoms with Crippen molar-refractivity contribution in [2.24, 2.45) is 0 Å². The van der Waals surface area contributed by atoms with Gasteiger partial charge < -0.3 is 4.90 Å². The van der Waals surface area contributed by atoms with Gasteiger partial charge in [0.2, 0.25) is 0 Å². The van der Waals surface area contributed by atoms with Crippen LogP contribution in [0.4, 0.5) is 5.69 Å². The average molecular weight is 241 g/mol. The van der Waals surface area contributed by atoms with Gasteiger partial charge >= 0.3 is 5.82 Å². The Bertz CT molecular complexity index is 622. The molecule has 5 nitrogen and oxygen atoms in total. The summed E-state index contributed by atoms with van der Waals surface area (Å²) in [6.45, 7) is 0. The maximum absolute atomic E-state index is 11.0. The Kier molecular flexibility index (Phi) is 3.11. The van der Waals surface area contributed by atoms with E-state index in [1.54, 1.807) is 29.1 Å². The van der Waals surface area contributed by atoms with E-state index in [9.17, 15) is 10.1 Å². The van der Waals surface area contributed by atoms with E-state index in [0.717, 1.165) is 12.0 Å². The monoisotopic (exact) mass is 241 g/mol. The third-order valence-corrected chi connectivity index (χ3v) is 2.69. The Labute approximate surface area is 105 Å². The standard InChI is InChI=1S/C13H12N4O/c1-16(2)12-5-6-15-13(11(12)8-14)17-7-3-4-10(17)9-18/h3-7,9H,1-2H3/p+1. The fourth-order valence-corrected chi connectivity index (χ4v) is 1.84. The van der Waals surface area contributed by atoms with Crippen molar-refractivity contribution >= 4 is 12.0 Å². The van der Waals surface area contributed by atoms with Crippen molar-refractivity contribution < 1.29 is 9.78 Å². The van der Waals surface area contributed by atoms with Crippen molar-refractivity contribution in [2.45, 2.75) is 0 Å². The lowest BCUT2D eigenvalue weighted by molar-refractivity contribution is -0.373. The van der Waals surface area contributed by atoms with Crippen LogP contribution in [0, 0.1) is 11.3 Å². The summed E-state index contributed by atoms with van der Waals surface area (Å²) in [6, 6.07) is 7.46. The second-order valence-electron chi connectivity index (χ2n) is 4.01. The van der Waals surface area contributed by atoms with E-state index in [0.29, 0.717) is 17.1 Å². The van der Waals surface area contributed by atoms with Gasteiger partial charge in [-0.2, -0.15) is 9.83 Å². The number of nitriles is 1. The highest BCUT2D eigenvalue weighted by Crippen LogP contribution is 2.21. The first-order valence-corrected chi connectivity index (χ1v) is 5.44. The van der Waals surface area contributed by atoms with E-state index in [-0.39, 0.29) is 0 Å². The number of H-pyrrole nitrogens is 1. The summed E-state index contributed by atoms with van der Waals surface area (Å²) in [4.78, 5) is 15.8. The molecule has 0 unspecified atom stereocenters. The number of aromatic amines is 1. The number of carbonyl (C=O) groups is 1. The van der Waals surface area contributed by atoms with Crippen LogP contribution in [0.3, 0.4) is 0 Å². The number of nitrogens with zero attached hydrogens (tertiary/aromatic N) is 3. The molecule has 0 bridgehead atoms. The molecule has 0 atom stereocenters. The number of anilines is 1. The van der Waals surface area contributed by atoms with Crippen molar-refractivity contribution in [3.05, 3.63) is 41.9 Å². The summed E-state index contributed by atoms with van der Waals surface area (Å²) in [5.41, 5.74) is 1.80. The largest absolute Gasteiger partial charge is 0.376 e. The zero-order valence-corrected chi connectivity index (χ0v) is 10.2. The topological polar surface area (TPSA) is 63.2 Å². The predicted molar refractivity (Wildman–Crippen MR) is 66.8 cm³/mol. The van der Waals surface area contributed by atoms with Crippen molar-refractivity contribution in [1.82, 2.24) is 4.57 Å². The number of carbonyl (C=O) groups excluding carboxylic acids is 1. The Morgan fingerprint density at radius 2 is 2.22 bits per heavy atom. The van der Waals surface area contributed by atoms with E-state index in [4.69, 9.17) is 0 Å². The minimum absolute atomic E-state index is 0.499. The number of aromatic nitrogens is 2. The quantitative estimate of drug-likeness (QED) is 0.754. The molecule has 2 aromatic heterocycles. The molecule has 0 saturated carbocycles. The summed E-state index contributed by atoms with van der Waals surface area (Å²) in [6.07, 6.45) is 4.26. The number of hydrogen-bond acceptors (Lipinski definition) is 3. The third kappa shape index (κ3) is 1.84. The first kappa shape index (κ1) is 11.9. The number of rotatable bonds is 3. The molecule has 0 spiro atoms. The minimum Gasteiger partial charge on any atom is -0.376 e. The Hall–Kier alpha value is -2.61. The molecule has 2 heterocycles. The van der Waals surface area contributed by atoms with Gasteiger partial charge in [0.25, 0.3) is 0 Å². The normalized spacial score (nSPS) is 9.83. The van der Waals surface area contributed by atoms with E-state index in [1.807, 2.05) is 25.1 Å². The van der Waals surface area contributed by atoms with Crippen molar-refractivity contribution in [1.29, 1.82) is 5.26 Å². The fraction of sp³-hybridized carbons (Fsp3) is 0.154. The SMILES string of the molecule is CN(C)c1cc[nH+]c(-n2cccc2C=O)c1C#N. The van der Waals surface area contributed by atoms with Gasteiger partial charge in [-0.05, 0) is 12.1 Å². The van der Waals surface area contributed by atoms with E-state index >= 15 is 0 Å². The van der Waals surface area contributed by atoms with Gasteiger partial charge in [0, 0.05) is 20.2 Å². The average Bonchev–Trinajstić information content (AvgIpc) is 2.85. The molecule has 0 aliphatic carbocycles. The molecule has 0 aliphatic rings. The third-order valence-electron chi connectivity index (χ3n) is 2.69. The summed E-state index contributed by atoms with van der Waals surface area (Å²) < 4.78 is 1.67. The summed E-state index contributed by atoms with van der Waals surface area (Å²) in [5.74, 6) is 0.593. The van der Waals surface area contributed by atoms with Crippen molar-refractivity contribution in [2.75, 3.05) is 19.0 Å². The lowest BCUT2D eigenvalue weighted by Gasteiger charge is -2.13. The van der Waals surface area contributed by atoms with Gasteiger partial charge in [0.1, 0.15) is 6.07 Å². The van der Waals surface area contributed by atoms with Crippen LogP contribution in [0.25, 0.3) is 5.82 Å². The van der Waals surface area contributed by atoms with Gasteiger partial charge in [-0.1, -0.05) is 0 Å². The highest BCUT2D eigenvalue weighted by atomic mass is 16.1. The van der Waals surface area contributed by atoms with Gasteiger partial charge in [-0.3, -0.25) is 4.79 Å². The van der Waals surface area contributed by atoms with E-state index in [2.05, 4.69) is 11.1 Å². The zero-order chi connectivity index (χ0) is 13.1. The van der Waals surface area contributed by atoms with Crippen LogP contribution in [0.15, 0.2) is 30.6 Å². The smallest absolute Gasteiger partial charge is 0.304 e. The summed E-state index contributed by atoms with van der Waals surface area (Å²) in [5, 5.41) is 9.31. The maximum atomic E-state index is 11.0. The van der Waals surface area contributed by atoms with Crippen molar-refractivity contribution in [3.8, 4) is 11.9 Å². The van der Waals surface area contributed by atoms with E-state index < -0.39 is 0 Å². The zero-order valence-electron chi connectivity index (χ0n) is 10.2. The Morgan fingerprint density at radius 3 is 2.83 bits per heavy atom. The van der Waals surface area contributed by atoms with Gasteiger partial charge in [-0.15, -0.1) is 0 Å². The molecule has 18 heavy (non-hydrogen) atoms. The first-order valence-electron chi connectivity index (χ1n) is 5.44. The van der Waals surface area contributed by atoms with Crippen LogP contribution >= 0.6 is 0 Å². The molecule has 5 heteroatoms. The van der Waals surface area contributed by atoms with Crippen LogP contribution in [0.2, 0.25) is 0 Å². The minimum atomic E-state index is 0.499. The lowest BCUT2D eigenvalue weighted by Crippen LogP contribution is -2.20. The molecule has 90 valence electrons. The molecule has 0 saturated heterocycles. The molecule has 2 aromatic rings. The van der Waals surface area contributed by atoms with Crippen molar-refractivity contribution in [3.63, 3.8) is 0 Å². The van der Waals surface area contributed by atoms with Crippen LogP contribution in [0.1, 0.15) is 16.1 Å². The lowest BCUT2D eigenvalue weighted by atomic mass is 10.2. The molecule has 0 radical (unpaired) electrons. The van der Waals surface area contributed by atoms with Gasteiger partial charge in [-0.25, -0.2) is 4.98 Å². The molecular formula is C13H13N4O+. The fourth-order valence-electron chi connectivity index (χ4n) is 1.84. The Morgan fingerprint density at radius 1 is 1.44 bits per heavy atom. The molecule has 0 fully saturated rings. The number of pyridine rings is 1. The Balaban J connectivity index is 2.69. The highest BCUT2D eigenvalue weighted by molar-refractivity contribution is 5.74. The number of aldehydes is 1. The molecule has 1 N–H and O–H groups in total. The van der Waals surface area contributed by atoms with Gasteiger partial charge in [0.05, 0.1) is 18.1 Å².